The third-order valence-corrected chi connectivity index (χ3v) is 4.47. The van der Waals surface area contributed by atoms with Crippen molar-refractivity contribution in [2.45, 2.75) is 37.9 Å². The summed E-state index contributed by atoms with van der Waals surface area (Å²) in [7, 11) is 0. The SMILES string of the molecule is FC(F)(F)c1ccc(NC2CCC3(CC2)CNC3)cn1. The van der Waals surface area contributed by atoms with Gasteiger partial charge in [0.05, 0.1) is 11.9 Å². The Morgan fingerprint density at radius 1 is 1.20 bits per heavy atom. The number of anilines is 1. The monoisotopic (exact) mass is 285 g/mol. The van der Waals surface area contributed by atoms with Crippen LogP contribution in [-0.2, 0) is 6.18 Å². The largest absolute Gasteiger partial charge is 0.433 e. The van der Waals surface area contributed by atoms with Crippen molar-refractivity contribution in [2.24, 2.45) is 5.41 Å². The molecule has 0 bridgehead atoms. The minimum absolute atomic E-state index is 0.347. The van der Waals surface area contributed by atoms with Gasteiger partial charge in [-0.15, -0.1) is 0 Å². The fourth-order valence-electron chi connectivity index (χ4n) is 3.09. The van der Waals surface area contributed by atoms with Gasteiger partial charge in [-0.1, -0.05) is 0 Å². The minimum Gasteiger partial charge on any atom is -0.381 e. The lowest BCUT2D eigenvalue weighted by Gasteiger charge is -2.47. The molecule has 0 aromatic carbocycles. The number of hydrogen-bond donors (Lipinski definition) is 2. The van der Waals surface area contributed by atoms with Crippen LogP contribution in [-0.4, -0.2) is 24.1 Å². The molecule has 1 saturated carbocycles. The zero-order valence-electron chi connectivity index (χ0n) is 11.1. The summed E-state index contributed by atoms with van der Waals surface area (Å²) in [5, 5.41) is 6.61. The first-order valence-corrected chi connectivity index (χ1v) is 6.97. The van der Waals surface area contributed by atoms with E-state index in [0.29, 0.717) is 17.1 Å². The maximum Gasteiger partial charge on any atom is 0.433 e. The van der Waals surface area contributed by atoms with E-state index in [2.05, 4.69) is 15.6 Å². The lowest BCUT2D eigenvalue weighted by atomic mass is 9.68. The van der Waals surface area contributed by atoms with Crippen molar-refractivity contribution in [2.75, 3.05) is 18.4 Å². The van der Waals surface area contributed by atoms with E-state index in [0.717, 1.165) is 32.0 Å². The lowest BCUT2D eigenvalue weighted by molar-refractivity contribution is -0.141. The van der Waals surface area contributed by atoms with Crippen LogP contribution in [0.2, 0.25) is 0 Å². The van der Waals surface area contributed by atoms with Crippen molar-refractivity contribution < 1.29 is 13.2 Å². The summed E-state index contributed by atoms with van der Waals surface area (Å²) in [4.78, 5) is 3.47. The van der Waals surface area contributed by atoms with E-state index in [4.69, 9.17) is 0 Å². The molecule has 2 N–H and O–H groups in total. The Morgan fingerprint density at radius 2 is 1.90 bits per heavy atom. The number of nitrogens with one attached hydrogen (secondary N) is 2. The molecule has 6 heteroatoms. The average Bonchev–Trinajstić information content (AvgIpc) is 2.37. The number of nitrogens with zero attached hydrogens (tertiary/aromatic N) is 1. The van der Waals surface area contributed by atoms with Gasteiger partial charge in [0.1, 0.15) is 5.69 Å². The highest BCUT2D eigenvalue weighted by Gasteiger charge is 2.40. The molecule has 1 aliphatic heterocycles. The van der Waals surface area contributed by atoms with Crippen molar-refractivity contribution in [3.63, 3.8) is 0 Å². The van der Waals surface area contributed by atoms with E-state index in [1.54, 1.807) is 0 Å². The zero-order chi connectivity index (χ0) is 14.2. The molecule has 0 atom stereocenters. The topological polar surface area (TPSA) is 37.0 Å². The van der Waals surface area contributed by atoms with Gasteiger partial charge in [-0.05, 0) is 43.2 Å². The summed E-state index contributed by atoms with van der Waals surface area (Å²) in [6, 6.07) is 2.84. The van der Waals surface area contributed by atoms with Crippen LogP contribution in [0.25, 0.3) is 0 Å². The summed E-state index contributed by atoms with van der Waals surface area (Å²) < 4.78 is 37.3. The Labute approximate surface area is 116 Å². The van der Waals surface area contributed by atoms with Gasteiger partial charge in [0, 0.05) is 19.1 Å². The molecule has 2 fully saturated rings. The van der Waals surface area contributed by atoms with E-state index < -0.39 is 11.9 Å². The summed E-state index contributed by atoms with van der Waals surface area (Å²) >= 11 is 0. The Balaban J connectivity index is 1.56. The zero-order valence-corrected chi connectivity index (χ0v) is 11.1. The molecule has 1 spiro atoms. The molecule has 1 aliphatic carbocycles. The minimum atomic E-state index is -4.37. The first-order valence-electron chi connectivity index (χ1n) is 6.97. The van der Waals surface area contributed by atoms with Crippen molar-refractivity contribution in [1.82, 2.24) is 10.3 Å². The molecule has 2 heterocycles. The summed E-state index contributed by atoms with van der Waals surface area (Å²) in [6.45, 7) is 2.23. The van der Waals surface area contributed by atoms with Gasteiger partial charge >= 0.3 is 6.18 Å². The van der Waals surface area contributed by atoms with Crippen LogP contribution in [0.15, 0.2) is 18.3 Å². The van der Waals surface area contributed by atoms with Gasteiger partial charge in [0.15, 0.2) is 0 Å². The maximum atomic E-state index is 12.4. The highest BCUT2D eigenvalue weighted by molar-refractivity contribution is 5.42. The predicted octanol–water partition coefficient (Wildman–Crippen LogP) is 3.04. The Hall–Kier alpha value is -1.30. The van der Waals surface area contributed by atoms with Crippen molar-refractivity contribution in [3.8, 4) is 0 Å². The second-order valence-corrected chi connectivity index (χ2v) is 5.95. The normalized spacial score (nSPS) is 22.6. The summed E-state index contributed by atoms with van der Waals surface area (Å²) in [6.07, 6.45) is 1.42. The quantitative estimate of drug-likeness (QED) is 0.877. The molecule has 1 aromatic heterocycles. The molecule has 0 amide bonds. The van der Waals surface area contributed by atoms with E-state index in [1.807, 2.05) is 0 Å². The number of alkyl halides is 3. The van der Waals surface area contributed by atoms with Crippen LogP contribution >= 0.6 is 0 Å². The first-order chi connectivity index (χ1) is 9.47. The standard InChI is InChI=1S/C14H18F3N3/c15-14(16,17)12-2-1-11(7-19-12)20-10-3-5-13(6-4-10)8-18-9-13/h1-2,7,10,18,20H,3-6,8-9H2. The Bertz CT molecular complexity index is 456. The first kappa shape index (κ1) is 13.7. The Morgan fingerprint density at radius 3 is 2.35 bits per heavy atom. The van der Waals surface area contributed by atoms with Gasteiger partial charge < -0.3 is 10.6 Å². The summed E-state index contributed by atoms with van der Waals surface area (Å²) in [5.74, 6) is 0. The molecule has 0 unspecified atom stereocenters. The third kappa shape index (κ3) is 2.75. The van der Waals surface area contributed by atoms with Crippen LogP contribution in [0.5, 0.6) is 0 Å². The second-order valence-electron chi connectivity index (χ2n) is 5.95. The summed E-state index contributed by atoms with van der Waals surface area (Å²) in [5.41, 5.74) is 0.327. The van der Waals surface area contributed by atoms with E-state index in [9.17, 15) is 13.2 Å². The van der Waals surface area contributed by atoms with Crippen LogP contribution in [0.4, 0.5) is 18.9 Å². The fraction of sp³-hybridized carbons (Fsp3) is 0.643. The highest BCUT2D eigenvalue weighted by Crippen LogP contribution is 2.40. The molecule has 3 rings (SSSR count). The molecule has 1 aromatic rings. The molecule has 2 aliphatic rings. The smallest absolute Gasteiger partial charge is 0.381 e. The highest BCUT2D eigenvalue weighted by atomic mass is 19.4. The number of aromatic nitrogens is 1. The molecule has 3 nitrogen and oxygen atoms in total. The molecule has 1 saturated heterocycles. The van der Waals surface area contributed by atoms with Crippen molar-refractivity contribution >= 4 is 5.69 Å². The van der Waals surface area contributed by atoms with Crippen molar-refractivity contribution in [1.29, 1.82) is 0 Å². The average molecular weight is 285 g/mol. The van der Waals surface area contributed by atoms with Gasteiger partial charge in [-0.2, -0.15) is 13.2 Å². The van der Waals surface area contributed by atoms with Crippen LogP contribution in [0, 0.1) is 5.41 Å². The van der Waals surface area contributed by atoms with Crippen LogP contribution < -0.4 is 10.6 Å². The van der Waals surface area contributed by atoms with Crippen LogP contribution in [0.1, 0.15) is 31.4 Å². The van der Waals surface area contributed by atoms with Gasteiger partial charge in [-0.25, -0.2) is 4.98 Å². The number of pyridine rings is 1. The molecule has 110 valence electrons. The van der Waals surface area contributed by atoms with E-state index in [-0.39, 0.29) is 0 Å². The molecule has 0 radical (unpaired) electrons. The van der Waals surface area contributed by atoms with E-state index in [1.165, 1.54) is 25.1 Å². The van der Waals surface area contributed by atoms with Gasteiger partial charge in [-0.3, -0.25) is 0 Å². The van der Waals surface area contributed by atoms with Crippen molar-refractivity contribution in [3.05, 3.63) is 24.0 Å². The predicted molar refractivity (Wildman–Crippen MR) is 70.4 cm³/mol. The number of halogens is 3. The van der Waals surface area contributed by atoms with Crippen LogP contribution in [0.3, 0.4) is 0 Å². The Kier molecular flexibility index (Phi) is 3.36. The molecule has 20 heavy (non-hydrogen) atoms. The van der Waals surface area contributed by atoms with Gasteiger partial charge in [0.25, 0.3) is 0 Å². The fourth-order valence-corrected chi connectivity index (χ4v) is 3.09. The number of rotatable bonds is 2. The second kappa shape index (κ2) is 4.91. The molecular weight excluding hydrogens is 267 g/mol. The molecular formula is C14H18F3N3. The van der Waals surface area contributed by atoms with E-state index >= 15 is 0 Å². The number of hydrogen-bond acceptors (Lipinski definition) is 3. The third-order valence-electron chi connectivity index (χ3n) is 4.47. The maximum absolute atomic E-state index is 12.4. The lowest BCUT2D eigenvalue weighted by Crippen LogP contribution is -2.55. The van der Waals surface area contributed by atoms with Gasteiger partial charge in [0.2, 0.25) is 0 Å².